The lowest BCUT2D eigenvalue weighted by atomic mass is 10.2. The number of methoxy groups -OCH3 is 1. The van der Waals surface area contributed by atoms with E-state index in [9.17, 15) is 0 Å². The molecule has 21 heavy (non-hydrogen) atoms. The second kappa shape index (κ2) is 5.58. The summed E-state index contributed by atoms with van der Waals surface area (Å²) in [4.78, 5) is 4.62. The first-order valence-electron chi connectivity index (χ1n) is 6.57. The number of nitrogens with zero attached hydrogens (tertiary/aromatic N) is 2. The van der Waals surface area contributed by atoms with E-state index in [4.69, 9.17) is 27.9 Å². The molecule has 1 atom stereocenters. The second-order valence-corrected chi connectivity index (χ2v) is 5.79. The zero-order chi connectivity index (χ0) is 15.0. The number of benzene rings is 2. The number of hydrogen-bond donors (Lipinski definition) is 0. The highest BCUT2D eigenvalue weighted by atomic mass is 35.5. The van der Waals surface area contributed by atoms with Crippen LogP contribution in [0.4, 0.5) is 0 Å². The van der Waals surface area contributed by atoms with Gasteiger partial charge in [-0.1, -0.05) is 23.7 Å². The third-order valence-corrected chi connectivity index (χ3v) is 3.83. The fraction of sp³-hybridized carbons (Fsp3) is 0.188. The largest absolute Gasteiger partial charge is 0.495 e. The molecule has 0 radical (unpaired) electrons. The van der Waals surface area contributed by atoms with Crippen molar-refractivity contribution in [2.75, 3.05) is 7.11 Å². The Bertz CT molecular complexity index is 796. The van der Waals surface area contributed by atoms with Crippen molar-refractivity contribution in [1.82, 2.24) is 9.55 Å². The summed E-state index contributed by atoms with van der Waals surface area (Å²) in [5.74, 6) is 1.43. The van der Waals surface area contributed by atoms with Gasteiger partial charge in [0.25, 0.3) is 0 Å². The van der Waals surface area contributed by atoms with E-state index >= 15 is 0 Å². The van der Waals surface area contributed by atoms with Crippen molar-refractivity contribution in [3.8, 4) is 11.4 Å². The molecule has 0 saturated heterocycles. The van der Waals surface area contributed by atoms with Crippen LogP contribution in [0.5, 0.6) is 5.75 Å². The molecule has 0 aliphatic rings. The van der Waals surface area contributed by atoms with Gasteiger partial charge in [0.05, 0.1) is 28.5 Å². The Morgan fingerprint density at radius 3 is 2.62 bits per heavy atom. The first-order chi connectivity index (χ1) is 10.1. The molecule has 0 amide bonds. The van der Waals surface area contributed by atoms with Crippen LogP contribution in [0, 0.1) is 0 Å². The maximum Gasteiger partial charge on any atom is 0.137 e. The van der Waals surface area contributed by atoms with Crippen LogP contribution >= 0.6 is 23.2 Å². The predicted octanol–water partition coefficient (Wildman–Crippen LogP) is 4.99. The van der Waals surface area contributed by atoms with Crippen molar-refractivity contribution in [2.24, 2.45) is 0 Å². The molecule has 0 aliphatic carbocycles. The SMILES string of the molecule is COc1ccc(-n2c(C(C)Cl)nc3ccccc32)cc1Cl. The minimum absolute atomic E-state index is 0.210. The van der Waals surface area contributed by atoms with Crippen LogP contribution in [0.3, 0.4) is 0 Å². The first kappa shape index (κ1) is 14.2. The zero-order valence-electron chi connectivity index (χ0n) is 11.7. The summed E-state index contributed by atoms with van der Waals surface area (Å²) in [7, 11) is 1.60. The van der Waals surface area contributed by atoms with Crippen molar-refractivity contribution in [3.05, 3.63) is 53.3 Å². The van der Waals surface area contributed by atoms with Gasteiger partial charge in [0, 0.05) is 5.69 Å². The lowest BCUT2D eigenvalue weighted by Crippen LogP contribution is -2.02. The average Bonchev–Trinajstić information content (AvgIpc) is 2.86. The summed E-state index contributed by atoms with van der Waals surface area (Å²) in [6.07, 6.45) is 0. The fourth-order valence-electron chi connectivity index (χ4n) is 2.38. The molecule has 0 bridgehead atoms. The van der Waals surface area contributed by atoms with Gasteiger partial charge in [-0.2, -0.15) is 0 Å². The fourth-order valence-corrected chi connectivity index (χ4v) is 2.78. The maximum absolute atomic E-state index is 6.29. The smallest absolute Gasteiger partial charge is 0.137 e. The number of aromatic nitrogens is 2. The minimum Gasteiger partial charge on any atom is -0.495 e. The zero-order valence-corrected chi connectivity index (χ0v) is 13.2. The van der Waals surface area contributed by atoms with Crippen molar-refractivity contribution in [1.29, 1.82) is 0 Å². The van der Waals surface area contributed by atoms with Gasteiger partial charge in [-0.3, -0.25) is 4.57 Å². The van der Waals surface area contributed by atoms with Crippen molar-refractivity contribution in [2.45, 2.75) is 12.3 Å². The number of hydrogen-bond acceptors (Lipinski definition) is 2. The molecular formula is C16H14Cl2N2O. The molecule has 0 aliphatic heterocycles. The van der Waals surface area contributed by atoms with E-state index in [1.54, 1.807) is 7.11 Å². The predicted molar refractivity (Wildman–Crippen MR) is 86.9 cm³/mol. The van der Waals surface area contributed by atoms with Crippen molar-refractivity contribution >= 4 is 34.2 Å². The lowest BCUT2D eigenvalue weighted by Gasteiger charge is -2.12. The van der Waals surface area contributed by atoms with Gasteiger partial charge in [-0.15, -0.1) is 11.6 Å². The Hall–Kier alpha value is -1.71. The molecule has 0 spiro atoms. The van der Waals surface area contributed by atoms with E-state index in [0.717, 1.165) is 22.5 Å². The molecule has 3 aromatic rings. The van der Waals surface area contributed by atoms with Crippen LogP contribution in [-0.4, -0.2) is 16.7 Å². The van der Waals surface area contributed by atoms with Crippen molar-refractivity contribution < 1.29 is 4.74 Å². The molecule has 108 valence electrons. The molecule has 0 saturated carbocycles. The summed E-state index contributed by atoms with van der Waals surface area (Å²) in [6, 6.07) is 13.6. The van der Waals surface area contributed by atoms with Crippen molar-refractivity contribution in [3.63, 3.8) is 0 Å². The van der Waals surface area contributed by atoms with E-state index in [-0.39, 0.29) is 5.38 Å². The van der Waals surface area contributed by atoms with E-state index < -0.39 is 0 Å². The molecule has 2 aromatic carbocycles. The number of rotatable bonds is 3. The number of halogens is 2. The highest BCUT2D eigenvalue weighted by molar-refractivity contribution is 6.32. The maximum atomic E-state index is 6.29. The van der Waals surface area contributed by atoms with E-state index in [2.05, 4.69) is 4.98 Å². The number of imidazole rings is 1. The molecule has 0 N–H and O–H groups in total. The van der Waals surface area contributed by atoms with Gasteiger partial charge < -0.3 is 4.74 Å². The van der Waals surface area contributed by atoms with Crippen LogP contribution in [0.1, 0.15) is 18.1 Å². The Labute approximate surface area is 133 Å². The summed E-state index contributed by atoms with van der Waals surface area (Å²) < 4.78 is 7.23. The molecule has 1 unspecified atom stereocenters. The Balaban J connectivity index is 2.27. The Morgan fingerprint density at radius 1 is 1.19 bits per heavy atom. The average molecular weight is 321 g/mol. The number of para-hydroxylation sites is 2. The van der Waals surface area contributed by atoms with Gasteiger partial charge in [0.2, 0.25) is 0 Å². The Morgan fingerprint density at radius 2 is 1.95 bits per heavy atom. The van der Waals surface area contributed by atoms with Gasteiger partial charge in [-0.25, -0.2) is 4.98 Å². The van der Waals surface area contributed by atoms with E-state index in [1.165, 1.54) is 0 Å². The normalized spacial score (nSPS) is 12.6. The Kier molecular flexibility index (Phi) is 3.79. The summed E-state index contributed by atoms with van der Waals surface area (Å²) in [6.45, 7) is 1.91. The summed E-state index contributed by atoms with van der Waals surface area (Å²) in [5, 5.41) is 0.347. The van der Waals surface area contributed by atoms with Crippen LogP contribution < -0.4 is 4.74 Å². The first-order valence-corrected chi connectivity index (χ1v) is 7.38. The number of ether oxygens (including phenoxy) is 1. The van der Waals surface area contributed by atoms with Crippen LogP contribution in [0.2, 0.25) is 5.02 Å². The monoisotopic (exact) mass is 320 g/mol. The molecule has 3 rings (SSSR count). The highest BCUT2D eigenvalue weighted by Crippen LogP contribution is 2.32. The molecule has 1 heterocycles. The van der Waals surface area contributed by atoms with Gasteiger partial charge in [0.15, 0.2) is 0 Å². The molecular weight excluding hydrogens is 307 g/mol. The lowest BCUT2D eigenvalue weighted by molar-refractivity contribution is 0.415. The van der Waals surface area contributed by atoms with Gasteiger partial charge in [0.1, 0.15) is 11.6 Å². The second-order valence-electron chi connectivity index (χ2n) is 4.73. The third kappa shape index (κ3) is 2.47. The molecule has 1 aromatic heterocycles. The van der Waals surface area contributed by atoms with E-state index in [0.29, 0.717) is 10.8 Å². The molecule has 5 heteroatoms. The highest BCUT2D eigenvalue weighted by Gasteiger charge is 2.16. The molecule has 0 fully saturated rings. The molecule has 3 nitrogen and oxygen atoms in total. The minimum atomic E-state index is -0.210. The quantitative estimate of drug-likeness (QED) is 0.636. The number of fused-ring (bicyclic) bond motifs is 1. The number of alkyl halides is 1. The van der Waals surface area contributed by atoms with Crippen LogP contribution in [-0.2, 0) is 0 Å². The van der Waals surface area contributed by atoms with Gasteiger partial charge >= 0.3 is 0 Å². The summed E-state index contributed by atoms with van der Waals surface area (Å²) in [5.41, 5.74) is 2.82. The summed E-state index contributed by atoms with van der Waals surface area (Å²) >= 11 is 12.5. The van der Waals surface area contributed by atoms with Crippen LogP contribution in [0.15, 0.2) is 42.5 Å². The van der Waals surface area contributed by atoms with Crippen LogP contribution in [0.25, 0.3) is 16.7 Å². The van der Waals surface area contributed by atoms with Gasteiger partial charge in [-0.05, 0) is 37.3 Å². The van der Waals surface area contributed by atoms with E-state index in [1.807, 2.05) is 54.0 Å². The standard InChI is InChI=1S/C16H14Cl2N2O/c1-10(17)16-19-13-5-3-4-6-14(13)20(16)11-7-8-15(21-2)12(18)9-11/h3-10H,1-2H3. The third-order valence-electron chi connectivity index (χ3n) is 3.34. The topological polar surface area (TPSA) is 27.1 Å².